The van der Waals surface area contributed by atoms with Crippen molar-refractivity contribution in [3.8, 4) is 0 Å². The molecule has 82 valence electrons. The Morgan fingerprint density at radius 3 is 2.40 bits per heavy atom. The van der Waals surface area contributed by atoms with E-state index in [1.54, 1.807) is 0 Å². The standard InChI is InChI=1S/C8H4ClF4NO/c9-7-4(3-14-15)5(8(11,12)13)1-2-6(7)10/h1-3,15H. The van der Waals surface area contributed by atoms with Crippen LogP contribution in [0.15, 0.2) is 17.3 Å². The molecule has 1 N–H and O–H groups in total. The Morgan fingerprint density at radius 1 is 1.33 bits per heavy atom. The van der Waals surface area contributed by atoms with Gasteiger partial charge in [0.25, 0.3) is 0 Å². The molecule has 1 aromatic rings. The van der Waals surface area contributed by atoms with E-state index >= 15 is 0 Å². The molecule has 0 fully saturated rings. The summed E-state index contributed by atoms with van der Waals surface area (Å²) in [5.41, 5.74) is -1.86. The minimum absolute atomic E-state index is 0.439. The fourth-order valence-electron chi connectivity index (χ4n) is 0.997. The molecule has 0 aliphatic heterocycles. The van der Waals surface area contributed by atoms with Gasteiger partial charge in [-0.1, -0.05) is 16.8 Å². The second-order valence-corrected chi connectivity index (χ2v) is 2.94. The van der Waals surface area contributed by atoms with E-state index in [0.717, 1.165) is 0 Å². The van der Waals surface area contributed by atoms with Crippen molar-refractivity contribution in [1.82, 2.24) is 0 Å². The predicted molar refractivity (Wildman–Crippen MR) is 45.8 cm³/mol. The highest BCUT2D eigenvalue weighted by atomic mass is 35.5. The molecular weight excluding hydrogens is 238 g/mol. The van der Waals surface area contributed by atoms with E-state index in [4.69, 9.17) is 16.8 Å². The van der Waals surface area contributed by atoms with Gasteiger partial charge in [0.05, 0.1) is 16.8 Å². The maximum atomic E-state index is 12.8. The Labute approximate surface area is 86.8 Å². The van der Waals surface area contributed by atoms with E-state index in [0.29, 0.717) is 18.3 Å². The van der Waals surface area contributed by atoms with Crippen LogP contribution in [0.25, 0.3) is 0 Å². The highest BCUT2D eigenvalue weighted by Crippen LogP contribution is 2.35. The minimum atomic E-state index is -4.69. The molecule has 0 amide bonds. The highest BCUT2D eigenvalue weighted by molar-refractivity contribution is 6.33. The third kappa shape index (κ3) is 2.38. The van der Waals surface area contributed by atoms with Gasteiger partial charge in [-0.25, -0.2) is 4.39 Å². The summed E-state index contributed by atoms with van der Waals surface area (Å²) in [6.45, 7) is 0. The van der Waals surface area contributed by atoms with Crippen molar-refractivity contribution < 1.29 is 22.8 Å². The summed E-state index contributed by atoms with van der Waals surface area (Å²) in [6.07, 6.45) is -4.25. The van der Waals surface area contributed by atoms with Gasteiger partial charge in [-0.2, -0.15) is 13.2 Å². The van der Waals surface area contributed by atoms with Crippen molar-refractivity contribution in [2.75, 3.05) is 0 Å². The third-order valence-electron chi connectivity index (χ3n) is 1.62. The van der Waals surface area contributed by atoms with Crippen molar-refractivity contribution in [3.63, 3.8) is 0 Å². The summed E-state index contributed by atoms with van der Waals surface area (Å²) in [5, 5.41) is 9.82. The van der Waals surface area contributed by atoms with Gasteiger partial charge in [0.1, 0.15) is 5.82 Å². The first-order valence-corrected chi connectivity index (χ1v) is 3.98. The van der Waals surface area contributed by atoms with E-state index in [1.807, 2.05) is 0 Å². The fourth-order valence-corrected chi connectivity index (χ4v) is 1.21. The van der Waals surface area contributed by atoms with E-state index in [1.165, 1.54) is 0 Å². The number of hydrogen-bond donors (Lipinski definition) is 1. The second kappa shape index (κ2) is 4.06. The molecule has 0 heterocycles. The SMILES string of the molecule is ON=Cc1c(C(F)(F)F)ccc(F)c1Cl. The topological polar surface area (TPSA) is 32.6 Å². The number of alkyl halides is 3. The van der Waals surface area contributed by atoms with Crippen molar-refractivity contribution in [2.24, 2.45) is 5.16 Å². The second-order valence-electron chi connectivity index (χ2n) is 2.56. The summed E-state index contributed by atoms with van der Waals surface area (Å²) >= 11 is 5.31. The van der Waals surface area contributed by atoms with Crippen LogP contribution in [0.5, 0.6) is 0 Å². The van der Waals surface area contributed by atoms with Crippen molar-refractivity contribution in [2.45, 2.75) is 6.18 Å². The maximum absolute atomic E-state index is 12.8. The maximum Gasteiger partial charge on any atom is 0.417 e. The fraction of sp³-hybridized carbons (Fsp3) is 0.125. The number of halogens is 5. The zero-order chi connectivity index (χ0) is 11.6. The first kappa shape index (κ1) is 11.8. The molecule has 0 bridgehead atoms. The molecule has 0 atom stereocenters. The van der Waals surface area contributed by atoms with Gasteiger partial charge in [-0.3, -0.25) is 0 Å². The van der Waals surface area contributed by atoms with Crippen molar-refractivity contribution in [3.05, 3.63) is 34.1 Å². The lowest BCUT2D eigenvalue weighted by atomic mass is 10.1. The van der Waals surface area contributed by atoms with Gasteiger partial charge in [0.15, 0.2) is 0 Å². The average Bonchev–Trinajstić information content (AvgIpc) is 2.11. The lowest BCUT2D eigenvalue weighted by Crippen LogP contribution is -2.10. The number of nitrogens with zero attached hydrogens (tertiary/aromatic N) is 1. The predicted octanol–water partition coefficient (Wildman–Crippen LogP) is 3.31. The van der Waals surface area contributed by atoms with Crippen molar-refractivity contribution in [1.29, 1.82) is 0 Å². The number of benzene rings is 1. The number of rotatable bonds is 1. The molecule has 0 saturated heterocycles. The monoisotopic (exact) mass is 241 g/mol. The molecule has 2 nitrogen and oxygen atoms in total. The Balaban J connectivity index is 3.47. The molecule has 1 aromatic carbocycles. The van der Waals surface area contributed by atoms with Crippen LogP contribution in [0.2, 0.25) is 5.02 Å². The Hall–Kier alpha value is -1.30. The molecule has 0 saturated carbocycles. The molecule has 0 aliphatic carbocycles. The molecule has 0 radical (unpaired) electrons. The van der Waals surface area contributed by atoms with Crippen molar-refractivity contribution >= 4 is 17.8 Å². The normalized spacial score (nSPS) is 12.3. The Kier molecular flexibility index (Phi) is 3.18. The molecule has 0 aromatic heterocycles. The van der Waals surface area contributed by atoms with Crippen LogP contribution >= 0.6 is 11.6 Å². The highest BCUT2D eigenvalue weighted by Gasteiger charge is 2.34. The molecule has 1 rings (SSSR count). The van der Waals surface area contributed by atoms with E-state index < -0.39 is 28.1 Å². The number of hydrogen-bond acceptors (Lipinski definition) is 2. The molecule has 0 aliphatic rings. The van der Waals surface area contributed by atoms with Crippen LogP contribution in [0.1, 0.15) is 11.1 Å². The van der Waals surface area contributed by atoms with Crippen LogP contribution in [0.4, 0.5) is 17.6 Å². The summed E-state index contributed by atoms with van der Waals surface area (Å²) < 4.78 is 49.9. The lowest BCUT2D eigenvalue weighted by molar-refractivity contribution is -0.137. The van der Waals surface area contributed by atoms with Gasteiger partial charge in [0, 0.05) is 5.56 Å². The average molecular weight is 242 g/mol. The van der Waals surface area contributed by atoms with E-state index in [2.05, 4.69) is 5.16 Å². The quantitative estimate of drug-likeness (QED) is 0.348. The Morgan fingerprint density at radius 2 is 1.93 bits per heavy atom. The molecule has 0 spiro atoms. The zero-order valence-electron chi connectivity index (χ0n) is 7.02. The molecule has 7 heteroatoms. The first-order valence-electron chi connectivity index (χ1n) is 3.60. The van der Waals surface area contributed by atoms with Gasteiger partial charge in [-0.05, 0) is 12.1 Å². The number of oxime groups is 1. The van der Waals surface area contributed by atoms with Crippen LogP contribution in [0.3, 0.4) is 0 Å². The minimum Gasteiger partial charge on any atom is -0.411 e. The first-order chi connectivity index (χ1) is 6.88. The van der Waals surface area contributed by atoms with Crippen LogP contribution in [-0.4, -0.2) is 11.4 Å². The molecular formula is C8H4ClF4NO. The van der Waals surface area contributed by atoms with Crippen LogP contribution in [0, 0.1) is 5.82 Å². The van der Waals surface area contributed by atoms with Gasteiger partial charge < -0.3 is 5.21 Å². The molecule has 15 heavy (non-hydrogen) atoms. The van der Waals surface area contributed by atoms with E-state index in [9.17, 15) is 17.6 Å². The van der Waals surface area contributed by atoms with Gasteiger partial charge in [0.2, 0.25) is 0 Å². The summed E-state index contributed by atoms with van der Waals surface area (Å²) in [6, 6.07) is 1.12. The Bertz CT molecular complexity index is 402. The van der Waals surface area contributed by atoms with Crippen LogP contribution < -0.4 is 0 Å². The third-order valence-corrected chi connectivity index (χ3v) is 2.01. The van der Waals surface area contributed by atoms with Gasteiger partial charge >= 0.3 is 6.18 Å². The lowest BCUT2D eigenvalue weighted by Gasteiger charge is -2.11. The molecule has 0 unspecified atom stereocenters. The zero-order valence-corrected chi connectivity index (χ0v) is 7.77. The summed E-state index contributed by atoms with van der Waals surface area (Å²) in [5.74, 6) is -1.01. The largest absolute Gasteiger partial charge is 0.417 e. The summed E-state index contributed by atoms with van der Waals surface area (Å²) in [7, 11) is 0. The van der Waals surface area contributed by atoms with Crippen LogP contribution in [-0.2, 0) is 6.18 Å². The smallest absolute Gasteiger partial charge is 0.411 e. The summed E-state index contributed by atoms with van der Waals surface area (Å²) in [4.78, 5) is 0. The van der Waals surface area contributed by atoms with Gasteiger partial charge in [-0.15, -0.1) is 0 Å². The van der Waals surface area contributed by atoms with E-state index in [-0.39, 0.29) is 0 Å².